The minimum atomic E-state index is 0.00452. The monoisotopic (exact) mass is 315 g/mol. The van der Waals surface area contributed by atoms with Crippen LogP contribution >= 0.6 is 0 Å². The molecular formula is C17H21N3O3. The van der Waals surface area contributed by atoms with E-state index < -0.39 is 0 Å². The molecular weight excluding hydrogens is 294 g/mol. The summed E-state index contributed by atoms with van der Waals surface area (Å²) in [5.41, 5.74) is 1.20. The molecule has 1 amide bonds. The van der Waals surface area contributed by atoms with E-state index in [0.29, 0.717) is 31.4 Å². The average Bonchev–Trinajstić information content (AvgIpc) is 3.23. The number of rotatable bonds is 6. The second-order valence-corrected chi connectivity index (χ2v) is 5.78. The molecule has 6 heteroatoms. The van der Waals surface area contributed by atoms with Gasteiger partial charge in [-0.1, -0.05) is 35.5 Å². The number of aromatic nitrogens is 2. The van der Waals surface area contributed by atoms with Crippen LogP contribution in [0.3, 0.4) is 0 Å². The molecule has 6 nitrogen and oxygen atoms in total. The number of amides is 1. The van der Waals surface area contributed by atoms with Crippen LogP contribution in [-0.2, 0) is 22.5 Å². The topological polar surface area (TPSA) is 68.5 Å². The third kappa shape index (κ3) is 4.16. The fourth-order valence-electron chi connectivity index (χ4n) is 2.66. The van der Waals surface area contributed by atoms with E-state index in [1.165, 1.54) is 5.56 Å². The van der Waals surface area contributed by atoms with Gasteiger partial charge in [-0.15, -0.1) is 0 Å². The Morgan fingerprint density at radius 1 is 1.35 bits per heavy atom. The van der Waals surface area contributed by atoms with Crippen LogP contribution in [0, 0.1) is 0 Å². The summed E-state index contributed by atoms with van der Waals surface area (Å²) in [6.45, 7) is 3.92. The summed E-state index contributed by atoms with van der Waals surface area (Å²) < 4.78 is 10.6. The van der Waals surface area contributed by atoms with Crippen molar-refractivity contribution < 1.29 is 14.1 Å². The van der Waals surface area contributed by atoms with Crippen molar-refractivity contribution in [3.63, 3.8) is 0 Å². The number of benzene rings is 1. The molecule has 23 heavy (non-hydrogen) atoms. The second kappa shape index (κ2) is 7.37. The third-order valence-electron chi connectivity index (χ3n) is 4.06. The van der Waals surface area contributed by atoms with Gasteiger partial charge in [0.2, 0.25) is 11.8 Å². The quantitative estimate of drug-likeness (QED) is 0.817. The van der Waals surface area contributed by atoms with Crippen molar-refractivity contribution in [2.45, 2.75) is 32.2 Å². The molecule has 122 valence electrons. The van der Waals surface area contributed by atoms with Crippen LogP contribution < -0.4 is 0 Å². The number of hydrogen-bond donors (Lipinski definition) is 0. The smallest absolute Gasteiger partial charge is 0.246 e. The Balaban J connectivity index is 1.59. The first-order valence-electron chi connectivity index (χ1n) is 7.92. The Morgan fingerprint density at radius 2 is 2.17 bits per heavy atom. The molecule has 0 aliphatic carbocycles. The van der Waals surface area contributed by atoms with Gasteiger partial charge >= 0.3 is 0 Å². The van der Waals surface area contributed by atoms with Crippen LogP contribution in [0.25, 0.3) is 0 Å². The number of nitrogens with zero attached hydrogens (tertiary/aromatic N) is 3. The van der Waals surface area contributed by atoms with Crippen LogP contribution in [0.4, 0.5) is 0 Å². The van der Waals surface area contributed by atoms with E-state index in [0.717, 1.165) is 19.4 Å². The predicted octanol–water partition coefficient (Wildman–Crippen LogP) is 2.16. The summed E-state index contributed by atoms with van der Waals surface area (Å²) in [6, 6.07) is 10.1. The van der Waals surface area contributed by atoms with Crippen LogP contribution in [0.15, 0.2) is 34.9 Å². The fourth-order valence-corrected chi connectivity index (χ4v) is 2.66. The SMILES string of the molecule is CC(=O)N(CCc1ccccc1)Cc1nc([C@H]2CCOC2)no1. The largest absolute Gasteiger partial charge is 0.381 e. The van der Waals surface area contributed by atoms with Crippen molar-refractivity contribution in [2.24, 2.45) is 0 Å². The van der Waals surface area contributed by atoms with E-state index in [9.17, 15) is 4.79 Å². The van der Waals surface area contributed by atoms with Gasteiger partial charge in [0.25, 0.3) is 0 Å². The van der Waals surface area contributed by atoms with Gasteiger partial charge in [0.15, 0.2) is 5.82 Å². The predicted molar refractivity (Wildman–Crippen MR) is 83.7 cm³/mol. The Labute approximate surface area is 135 Å². The highest BCUT2D eigenvalue weighted by Crippen LogP contribution is 2.22. The first-order valence-corrected chi connectivity index (χ1v) is 7.92. The fraction of sp³-hybridized carbons (Fsp3) is 0.471. The van der Waals surface area contributed by atoms with Crippen LogP contribution in [0.2, 0.25) is 0 Å². The van der Waals surface area contributed by atoms with Gasteiger partial charge < -0.3 is 14.2 Å². The van der Waals surface area contributed by atoms with E-state index >= 15 is 0 Å². The van der Waals surface area contributed by atoms with Crippen molar-refractivity contribution >= 4 is 5.91 Å². The van der Waals surface area contributed by atoms with Crippen molar-refractivity contribution in [3.05, 3.63) is 47.6 Å². The van der Waals surface area contributed by atoms with Crippen molar-refractivity contribution in [2.75, 3.05) is 19.8 Å². The van der Waals surface area contributed by atoms with Gasteiger partial charge in [0, 0.05) is 26.0 Å². The molecule has 0 unspecified atom stereocenters. The highest BCUT2D eigenvalue weighted by molar-refractivity contribution is 5.73. The maximum absolute atomic E-state index is 11.8. The van der Waals surface area contributed by atoms with Crippen LogP contribution in [0.1, 0.15) is 36.5 Å². The normalized spacial score (nSPS) is 17.3. The molecule has 1 aliphatic heterocycles. The minimum Gasteiger partial charge on any atom is -0.381 e. The zero-order valence-electron chi connectivity index (χ0n) is 13.3. The van der Waals surface area contributed by atoms with Gasteiger partial charge in [0.05, 0.1) is 13.2 Å². The number of ether oxygens (including phenoxy) is 1. The van der Waals surface area contributed by atoms with Gasteiger partial charge in [0.1, 0.15) is 0 Å². The van der Waals surface area contributed by atoms with E-state index in [4.69, 9.17) is 9.26 Å². The molecule has 2 aromatic rings. The lowest BCUT2D eigenvalue weighted by Gasteiger charge is -2.18. The summed E-state index contributed by atoms with van der Waals surface area (Å²) in [6.07, 6.45) is 1.72. The highest BCUT2D eigenvalue weighted by atomic mass is 16.5. The molecule has 1 aliphatic rings. The summed E-state index contributed by atoms with van der Waals surface area (Å²) in [5, 5.41) is 4.02. The Bertz CT molecular complexity index is 636. The molecule has 0 spiro atoms. The second-order valence-electron chi connectivity index (χ2n) is 5.78. The van der Waals surface area contributed by atoms with E-state index in [2.05, 4.69) is 22.3 Å². The van der Waals surface area contributed by atoms with Gasteiger partial charge in [-0.3, -0.25) is 4.79 Å². The number of hydrogen-bond acceptors (Lipinski definition) is 5. The van der Waals surface area contributed by atoms with Crippen molar-refractivity contribution in [1.82, 2.24) is 15.0 Å². The lowest BCUT2D eigenvalue weighted by Crippen LogP contribution is -2.30. The molecule has 2 heterocycles. The summed E-state index contributed by atoms with van der Waals surface area (Å²) in [7, 11) is 0. The summed E-state index contributed by atoms with van der Waals surface area (Å²) in [4.78, 5) is 18.0. The Morgan fingerprint density at radius 3 is 2.87 bits per heavy atom. The molecule has 1 aromatic carbocycles. The molecule has 0 radical (unpaired) electrons. The minimum absolute atomic E-state index is 0.00452. The molecule has 3 rings (SSSR count). The number of carbonyl (C=O) groups excluding carboxylic acids is 1. The summed E-state index contributed by atoms with van der Waals surface area (Å²) >= 11 is 0. The lowest BCUT2D eigenvalue weighted by molar-refractivity contribution is -0.129. The first kappa shape index (κ1) is 15.7. The first-order chi connectivity index (χ1) is 11.2. The van der Waals surface area contributed by atoms with Crippen molar-refractivity contribution in [1.29, 1.82) is 0 Å². The highest BCUT2D eigenvalue weighted by Gasteiger charge is 2.24. The van der Waals surface area contributed by atoms with Gasteiger partial charge in [-0.2, -0.15) is 4.98 Å². The standard InChI is InChI=1S/C17H21N3O3/c1-13(21)20(9-7-14-5-3-2-4-6-14)11-16-18-17(19-23-16)15-8-10-22-12-15/h2-6,15H,7-12H2,1H3/t15-/m0/s1. The van der Waals surface area contributed by atoms with Crippen LogP contribution in [0.5, 0.6) is 0 Å². The lowest BCUT2D eigenvalue weighted by atomic mass is 10.1. The maximum Gasteiger partial charge on any atom is 0.246 e. The van der Waals surface area contributed by atoms with E-state index in [1.54, 1.807) is 11.8 Å². The Kier molecular flexibility index (Phi) is 5.02. The number of carbonyl (C=O) groups is 1. The Hall–Kier alpha value is -2.21. The third-order valence-corrected chi connectivity index (χ3v) is 4.06. The molecule has 1 saturated heterocycles. The zero-order valence-corrected chi connectivity index (χ0v) is 13.3. The maximum atomic E-state index is 11.8. The van der Waals surface area contributed by atoms with Gasteiger partial charge in [-0.25, -0.2) is 0 Å². The van der Waals surface area contributed by atoms with E-state index in [-0.39, 0.29) is 11.8 Å². The van der Waals surface area contributed by atoms with E-state index in [1.807, 2.05) is 18.2 Å². The summed E-state index contributed by atoms with van der Waals surface area (Å²) in [5.74, 6) is 1.38. The van der Waals surface area contributed by atoms with Crippen molar-refractivity contribution in [3.8, 4) is 0 Å². The molecule has 0 N–H and O–H groups in total. The van der Waals surface area contributed by atoms with Gasteiger partial charge in [-0.05, 0) is 18.4 Å². The molecule has 1 fully saturated rings. The molecule has 1 aromatic heterocycles. The average molecular weight is 315 g/mol. The molecule has 0 saturated carbocycles. The van der Waals surface area contributed by atoms with Crippen LogP contribution in [-0.4, -0.2) is 40.7 Å². The molecule has 1 atom stereocenters. The molecule has 0 bridgehead atoms. The zero-order chi connectivity index (χ0) is 16.1.